The first-order chi connectivity index (χ1) is 7.65. The zero-order chi connectivity index (χ0) is 12.0. The molecule has 1 unspecified atom stereocenters. The Hall–Kier alpha value is -1.55. The summed E-state index contributed by atoms with van der Waals surface area (Å²) >= 11 is 0. The molecule has 88 valence electrons. The topological polar surface area (TPSA) is 58.4 Å². The molecule has 0 saturated heterocycles. The number of hydrogen-bond donors (Lipinski definition) is 2. The van der Waals surface area contributed by atoms with Crippen molar-refractivity contribution in [2.45, 2.75) is 19.5 Å². The zero-order valence-corrected chi connectivity index (χ0v) is 9.81. The Kier molecular flexibility index (Phi) is 4.79. The van der Waals surface area contributed by atoms with Crippen molar-refractivity contribution in [2.75, 3.05) is 13.6 Å². The van der Waals surface area contributed by atoms with Gasteiger partial charge in [-0.15, -0.1) is 0 Å². The molecule has 0 aromatic heterocycles. The predicted molar refractivity (Wildman–Crippen MR) is 65.0 cm³/mol. The molecule has 16 heavy (non-hydrogen) atoms. The fourth-order valence-electron chi connectivity index (χ4n) is 1.26. The van der Waals surface area contributed by atoms with E-state index in [1.54, 1.807) is 11.9 Å². The van der Waals surface area contributed by atoms with E-state index in [9.17, 15) is 4.79 Å². The molecule has 0 bridgehead atoms. The number of hydrogen-bond acceptors (Lipinski definition) is 2. The van der Waals surface area contributed by atoms with Gasteiger partial charge in [-0.3, -0.25) is 0 Å². The number of nitrogens with one attached hydrogen (secondary N) is 1. The van der Waals surface area contributed by atoms with Gasteiger partial charge < -0.3 is 16.0 Å². The van der Waals surface area contributed by atoms with Gasteiger partial charge in [0.1, 0.15) is 0 Å². The third kappa shape index (κ3) is 3.55. The molecule has 4 nitrogen and oxygen atoms in total. The Morgan fingerprint density at radius 1 is 1.44 bits per heavy atom. The highest BCUT2D eigenvalue weighted by atomic mass is 16.2. The maximum absolute atomic E-state index is 11.7. The van der Waals surface area contributed by atoms with E-state index in [4.69, 9.17) is 5.73 Å². The molecule has 1 aromatic rings. The van der Waals surface area contributed by atoms with Crippen molar-refractivity contribution in [3.8, 4) is 0 Å². The van der Waals surface area contributed by atoms with Crippen LogP contribution in [-0.2, 0) is 6.54 Å². The maximum Gasteiger partial charge on any atom is 0.317 e. The normalized spacial score (nSPS) is 11.9. The van der Waals surface area contributed by atoms with E-state index in [2.05, 4.69) is 5.32 Å². The van der Waals surface area contributed by atoms with E-state index in [-0.39, 0.29) is 12.1 Å². The summed E-state index contributed by atoms with van der Waals surface area (Å²) < 4.78 is 0. The summed E-state index contributed by atoms with van der Waals surface area (Å²) in [4.78, 5) is 13.3. The van der Waals surface area contributed by atoms with Crippen molar-refractivity contribution < 1.29 is 4.79 Å². The molecule has 0 fully saturated rings. The highest BCUT2D eigenvalue weighted by molar-refractivity contribution is 5.74. The van der Waals surface area contributed by atoms with Crippen molar-refractivity contribution >= 4 is 6.03 Å². The van der Waals surface area contributed by atoms with Crippen molar-refractivity contribution in [3.63, 3.8) is 0 Å². The van der Waals surface area contributed by atoms with Crippen LogP contribution in [0.15, 0.2) is 30.3 Å². The van der Waals surface area contributed by atoms with Gasteiger partial charge in [-0.1, -0.05) is 30.3 Å². The fraction of sp³-hybridized carbons (Fsp3) is 0.417. The number of amides is 2. The van der Waals surface area contributed by atoms with E-state index in [0.29, 0.717) is 13.1 Å². The van der Waals surface area contributed by atoms with Crippen LogP contribution in [0.25, 0.3) is 0 Å². The second-order valence-electron chi connectivity index (χ2n) is 3.84. The molecule has 0 aliphatic heterocycles. The number of urea groups is 1. The van der Waals surface area contributed by atoms with Crippen LogP contribution in [0.4, 0.5) is 4.79 Å². The van der Waals surface area contributed by atoms with Crippen LogP contribution in [0, 0.1) is 0 Å². The number of benzene rings is 1. The Morgan fingerprint density at radius 2 is 2.06 bits per heavy atom. The fourth-order valence-corrected chi connectivity index (χ4v) is 1.26. The third-order valence-corrected chi connectivity index (χ3v) is 2.61. The highest BCUT2D eigenvalue weighted by Crippen LogP contribution is 1.99. The van der Waals surface area contributed by atoms with Crippen molar-refractivity contribution in [2.24, 2.45) is 5.73 Å². The van der Waals surface area contributed by atoms with Gasteiger partial charge in [-0.05, 0) is 12.5 Å². The Bertz CT molecular complexity index is 326. The predicted octanol–water partition coefficient (Wildman–Crippen LogP) is 1.18. The molecule has 1 rings (SSSR count). The van der Waals surface area contributed by atoms with Crippen LogP contribution in [0.2, 0.25) is 0 Å². The van der Waals surface area contributed by atoms with E-state index >= 15 is 0 Å². The van der Waals surface area contributed by atoms with Crippen LogP contribution < -0.4 is 11.1 Å². The lowest BCUT2D eigenvalue weighted by Gasteiger charge is -2.23. The Labute approximate surface area is 96.4 Å². The molecule has 0 aliphatic carbocycles. The van der Waals surface area contributed by atoms with Gasteiger partial charge in [-0.2, -0.15) is 0 Å². The Balaban J connectivity index is 2.41. The molecule has 0 spiro atoms. The summed E-state index contributed by atoms with van der Waals surface area (Å²) in [5.41, 5.74) is 6.58. The van der Waals surface area contributed by atoms with Gasteiger partial charge in [0.2, 0.25) is 0 Å². The zero-order valence-electron chi connectivity index (χ0n) is 9.81. The van der Waals surface area contributed by atoms with Crippen LogP contribution in [0.5, 0.6) is 0 Å². The first kappa shape index (κ1) is 12.5. The summed E-state index contributed by atoms with van der Waals surface area (Å²) in [6, 6.07) is 9.77. The molecule has 2 amide bonds. The molecular formula is C12H19N3O. The van der Waals surface area contributed by atoms with Crippen LogP contribution >= 0.6 is 0 Å². The minimum atomic E-state index is -0.0956. The lowest BCUT2D eigenvalue weighted by molar-refractivity contribution is 0.195. The summed E-state index contributed by atoms with van der Waals surface area (Å²) in [5, 5.41) is 2.85. The molecule has 0 heterocycles. The van der Waals surface area contributed by atoms with Gasteiger partial charge in [-0.25, -0.2) is 4.79 Å². The number of carbonyl (C=O) groups excluding carboxylic acids is 1. The summed E-state index contributed by atoms with van der Waals surface area (Å²) in [5.74, 6) is 0. The van der Waals surface area contributed by atoms with Crippen LogP contribution in [0.3, 0.4) is 0 Å². The molecule has 1 atom stereocenters. The summed E-state index contributed by atoms with van der Waals surface area (Å²) in [6.45, 7) is 2.93. The van der Waals surface area contributed by atoms with Gasteiger partial charge >= 0.3 is 6.03 Å². The van der Waals surface area contributed by atoms with Gasteiger partial charge in [0, 0.05) is 26.2 Å². The molecule has 0 saturated carbocycles. The van der Waals surface area contributed by atoms with E-state index in [0.717, 1.165) is 5.56 Å². The van der Waals surface area contributed by atoms with Gasteiger partial charge in [0.15, 0.2) is 0 Å². The second-order valence-corrected chi connectivity index (χ2v) is 3.84. The first-order valence-electron chi connectivity index (χ1n) is 5.39. The summed E-state index contributed by atoms with van der Waals surface area (Å²) in [6.07, 6.45) is 0. The Morgan fingerprint density at radius 3 is 2.62 bits per heavy atom. The number of carbonyl (C=O) groups is 1. The van der Waals surface area contributed by atoms with Crippen molar-refractivity contribution in [1.29, 1.82) is 0 Å². The van der Waals surface area contributed by atoms with E-state index in [1.807, 2.05) is 37.3 Å². The average Bonchev–Trinajstić information content (AvgIpc) is 2.35. The van der Waals surface area contributed by atoms with E-state index < -0.39 is 0 Å². The first-order valence-corrected chi connectivity index (χ1v) is 5.39. The third-order valence-electron chi connectivity index (χ3n) is 2.61. The largest absolute Gasteiger partial charge is 0.334 e. The van der Waals surface area contributed by atoms with Gasteiger partial charge in [0.25, 0.3) is 0 Å². The monoisotopic (exact) mass is 221 g/mol. The number of nitrogens with two attached hydrogens (primary N) is 1. The van der Waals surface area contributed by atoms with Crippen LogP contribution in [0.1, 0.15) is 12.5 Å². The lowest BCUT2D eigenvalue weighted by Crippen LogP contribution is -2.45. The SMILES string of the molecule is CC(CN)N(C)C(=O)NCc1ccccc1. The highest BCUT2D eigenvalue weighted by Gasteiger charge is 2.13. The lowest BCUT2D eigenvalue weighted by atomic mass is 10.2. The smallest absolute Gasteiger partial charge is 0.317 e. The average molecular weight is 221 g/mol. The molecule has 0 radical (unpaired) electrons. The number of likely N-dealkylation sites (N-methyl/N-ethyl adjacent to an activating group) is 1. The minimum absolute atomic E-state index is 0.0516. The summed E-state index contributed by atoms with van der Waals surface area (Å²) in [7, 11) is 1.75. The van der Waals surface area contributed by atoms with Crippen molar-refractivity contribution in [3.05, 3.63) is 35.9 Å². The van der Waals surface area contributed by atoms with Crippen LogP contribution in [-0.4, -0.2) is 30.6 Å². The molecule has 3 N–H and O–H groups in total. The molecule has 1 aromatic carbocycles. The minimum Gasteiger partial charge on any atom is -0.334 e. The molecule has 0 aliphatic rings. The maximum atomic E-state index is 11.7. The molecular weight excluding hydrogens is 202 g/mol. The van der Waals surface area contributed by atoms with Crippen molar-refractivity contribution in [1.82, 2.24) is 10.2 Å². The number of nitrogens with zero attached hydrogens (tertiary/aromatic N) is 1. The standard InChI is InChI=1S/C12H19N3O/c1-10(8-13)15(2)12(16)14-9-11-6-4-3-5-7-11/h3-7,10H,8-9,13H2,1-2H3,(H,14,16). The van der Waals surface area contributed by atoms with Gasteiger partial charge in [0.05, 0.1) is 0 Å². The number of rotatable bonds is 4. The second kappa shape index (κ2) is 6.12. The molecule has 4 heteroatoms. The quantitative estimate of drug-likeness (QED) is 0.802. The van der Waals surface area contributed by atoms with E-state index in [1.165, 1.54) is 0 Å².